The maximum Gasteiger partial charge on any atom is 0.373 e. The molecule has 0 aromatic carbocycles. The van der Waals surface area contributed by atoms with Gasteiger partial charge in [0, 0.05) is 0 Å². The van der Waals surface area contributed by atoms with Crippen LogP contribution in [-0.2, 0) is 9.53 Å². The SMILES string of the molecule is C=CCCC=C(O)C(=O)OCC. The van der Waals surface area contributed by atoms with E-state index in [-0.39, 0.29) is 12.4 Å². The molecule has 0 aromatic rings. The summed E-state index contributed by atoms with van der Waals surface area (Å²) in [6, 6.07) is 0. The van der Waals surface area contributed by atoms with Crippen LogP contribution in [0.25, 0.3) is 0 Å². The van der Waals surface area contributed by atoms with E-state index in [2.05, 4.69) is 11.3 Å². The van der Waals surface area contributed by atoms with Gasteiger partial charge in [0.2, 0.25) is 0 Å². The van der Waals surface area contributed by atoms with E-state index in [0.717, 1.165) is 6.42 Å². The predicted octanol–water partition coefficient (Wildman–Crippen LogP) is 1.96. The molecule has 0 heterocycles. The minimum absolute atomic E-state index is 0.276. The summed E-state index contributed by atoms with van der Waals surface area (Å²) in [5, 5.41) is 9.03. The van der Waals surface area contributed by atoms with Crippen LogP contribution in [-0.4, -0.2) is 17.7 Å². The van der Waals surface area contributed by atoms with Crippen LogP contribution in [0.5, 0.6) is 0 Å². The number of rotatable bonds is 5. The van der Waals surface area contributed by atoms with Gasteiger partial charge in [-0.15, -0.1) is 6.58 Å². The molecule has 1 N–H and O–H groups in total. The first-order chi connectivity index (χ1) is 5.72. The van der Waals surface area contributed by atoms with Crippen LogP contribution in [0.15, 0.2) is 24.5 Å². The van der Waals surface area contributed by atoms with Gasteiger partial charge in [-0.25, -0.2) is 4.79 Å². The zero-order chi connectivity index (χ0) is 9.40. The van der Waals surface area contributed by atoms with Crippen LogP contribution in [0.1, 0.15) is 19.8 Å². The van der Waals surface area contributed by atoms with Gasteiger partial charge in [-0.3, -0.25) is 0 Å². The van der Waals surface area contributed by atoms with Crippen molar-refractivity contribution in [1.82, 2.24) is 0 Å². The largest absolute Gasteiger partial charge is 0.502 e. The lowest BCUT2D eigenvalue weighted by atomic mass is 10.3. The molecule has 12 heavy (non-hydrogen) atoms. The van der Waals surface area contributed by atoms with Crippen LogP contribution in [0.4, 0.5) is 0 Å². The molecule has 0 bridgehead atoms. The van der Waals surface area contributed by atoms with Crippen molar-refractivity contribution in [2.75, 3.05) is 6.61 Å². The Balaban J connectivity index is 3.81. The molecule has 0 aliphatic carbocycles. The van der Waals surface area contributed by atoms with Crippen molar-refractivity contribution < 1.29 is 14.6 Å². The van der Waals surface area contributed by atoms with Gasteiger partial charge in [0.1, 0.15) is 0 Å². The molecule has 68 valence electrons. The van der Waals surface area contributed by atoms with Crippen molar-refractivity contribution in [1.29, 1.82) is 0 Å². The number of ether oxygens (including phenoxy) is 1. The van der Waals surface area contributed by atoms with E-state index in [0.29, 0.717) is 6.42 Å². The molecule has 0 spiro atoms. The number of esters is 1. The minimum atomic E-state index is -0.665. The molecule has 0 rings (SSSR count). The zero-order valence-electron chi connectivity index (χ0n) is 7.25. The molecular formula is C9H14O3. The van der Waals surface area contributed by atoms with E-state index >= 15 is 0 Å². The molecule has 0 unspecified atom stereocenters. The van der Waals surface area contributed by atoms with E-state index in [4.69, 9.17) is 5.11 Å². The average molecular weight is 170 g/mol. The van der Waals surface area contributed by atoms with Gasteiger partial charge < -0.3 is 9.84 Å². The lowest BCUT2D eigenvalue weighted by Crippen LogP contribution is -2.06. The van der Waals surface area contributed by atoms with Gasteiger partial charge in [-0.2, -0.15) is 0 Å². The van der Waals surface area contributed by atoms with E-state index in [1.165, 1.54) is 6.08 Å². The monoisotopic (exact) mass is 170 g/mol. The summed E-state index contributed by atoms with van der Waals surface area (Å²) in [6.07, 6.45) is 4.49. The molecule has 3 nitrogen and oxygen atoms in total. The molecule has 0 fully saturated rings. The number of hydrogen-bond acceptors (Lipinski definition) is 3. The van der Waals surface area contributed by atoms with Gasteiger partial charge in [0.25, 0.3) is 0 Å². The molecular weight excluding hydrogens is 156 g/mol. The Hall–Kier alpha value is -1.25. The molecule has 0 aliphatic heterocycles. The third-order valence-corrected chi connectivity index (χ3v) is 1.19. The van der Waals surface area contributed by atoms with Crippen molar-refractivity contribution in [2.24, 2.45) is 0 Å². The first-order valence-corrected chi connectivity index (χ1v) is 3.89. The van der Waals surface area contributed by atoms with Gasteiger partial charge in [0.05, 0.1) is 6.61 Å². The fourth-order valence-electron chi connectivity index (χ4n) is 0.626. The molecule has 0 saturated heterocycles. The standard InChI is InChI=1S/C9H14O3/c1-3-5-6-7-8(10)9(11)12-4-2/h3,7,10H,1,4-6H2,2H3. The number of carbonyl (C=O) groups excluding carboxylic acids is 1. The van der Waals surface area contributed by atoms with Crippen LogP contribution in [0.2, 0.25) is 0 Å². The van der Waals surface area contributed by atoms with Gasteiger partial charge >= 0.3 is 5.97 Å². The molecule has 0 radical (unpaired) electrons. The smallest absolute Gasteiger partial charge is 0.373 e. The van der Waals surface area contributed by atoms with Gasteiger partial charge in [-0.05, 0) is 25.8 Å². The summed E-state index contributed by atoms with van der Waals surface area (Å²) in [7, 11) is 0. The van der Waals surface area contributed by atoms with E-state index in [9.17, 15) is 4.79 Å². The number of hydrogen-bond donors (Lipinski definition) is 1. The summed E-state index contributed by atoms with van der Waals surface area (Å²) in [4.78, 5) is 10.8. The van der Waals surface area contributed by atoms with Crippen molar-refractivity contribution in [3.8, 4) is 0 Å². The van der Waals surface area contributed by atoms with E-state index < -0.39 is 5.97 Å². The summed E-state index contributed by atoms with van der Waals surface area (Å²) in [5.74, 6) is -0.986. The highest BCUT2D eigenvalue weighted by Crippen LogP contribution is 1.98. The van der Waals surface area contributed by atoms with Crippen LogP contribution in [0.3, 0.4) is 0 Å². The quantitative estimate of drug-likeness (QED) is 0.225. The molecule has 0 aromatic heterocycles. The summed E-state index contributed by atoms with van der Waals surface area (Å²) in [5.41, 5.74) is 0. The fourth-order valence-corrected chi connectivity index (χ4v) is 0.626. The Labute approximate surface area is 72.3 Å². The summed E-state index contributed by atoms with van der Waals surface area (Å²) < 4.78 is 4.55. The second-order valence-electron chi connectivity index (χ2n) is 2.18. The fraction of sp³-hybridized carbons (Fsp3) is 0.444. The number of carbonyl (C=O) groups is 1. The maximum atomic E-state index is 10.8. The molecule has 3 heteroatoms. The normalized spacial score (nSPS) is 10.9. The van der Waals surface area contributed by atoms with Gasteiger partial charge in [0.15, 0.2) is 5.76 Å². The highest BCUT2D eigenvalue weighted by atomic mass is 16.5. The minimum Gasteiger partial charge on any atom is -0.502 e. The topological polar surface area (TPSA) is 46.5 Å². The third-order valence-electron chi connectivity index (χ3n) is 1.19. The Morgan fingerprint density at radius 2 is 2.25 bits per heavy atom. The predicted molar refractivity (Wildman–Crippen MR) is 46.8 cm³/mol. The molecule has 0 atom stereocenters. The number of aliphatic hydroxyl groups excluding tert-OH is 1. The number of unbranched alkanes of at least 4 members (excludes halogenated alkanes) is 1. The Morgan fingerprint density at radius 3 is 2.75 bits per heavy atom. The first kappa shape index (κ1) is 10.8. The van der Waals surface area contributed by atoms with Crippen molar-refractivity contribution in [3.63, 3.8) is 0 Å². The van der Waals surface area contributed by atoms with E-state index in [1.54, 1.807) is 13.0 Å². The Bertz CT molecular complexity index is 182. The average Bonchev–Trinajstić information content (AvgIpc) is 2.05. The highest BCUT2D eigenvalue weighted by molar-refractivity contribution is 5.85. The summed E-state index contributed by atoms with van der Waals surface area (Å²) in [6.45, 7) is 5.48. The Kier molecular flexibility index (Phi) is 5.79. The van der Waals surface area contributed by atoms with Crippen molar-refractivity contribution in [2.45, 2.75) is 19.8 Å². The maximum absolute atomic E-state index is 10.8. The van der Waals surface area contributed by atoms with Crippen LogP contribution >= 0.6 is 0 Å². The second kappa shape index (κ2) is 6.46. The lowest BCUT2D eigenvalue weighted by Gasteiger charge is -1.98. The molecule has 0 amide bonds. The number of aliphatic hydroxyl groups is 1. The van der Waals surface area contributed by atoms with Gasteiger partial charge in [-0.1, -0.05) is 6.08 Å². The van der Waals surface area contributed by atoms with Crippen molar-refractivity contribution in [3.05, 3.63) is 24.5 Å². The molecule has 0 aliphatic rings. The third kappa shape index (κ3) is 4.55. The number of allylic oxidation sites excluding steroid dienone is 2. The summed E-state index contributed by atoms with van der Waals surface area (Å²) >= 11 is 0. The van der Waals surface area contributed by atoms with Crippen molar-refractivity contribution >= 4 is 5.97 Å². The van der Waals surface area contributed by atoms with Crippen LogP contribution in [0, 0.1) is 0 Å². The lowest BCUT2D eigenvalue weighted by molar-refractivity contribution is -0.141. The Morgan fingerprint density at radius 1 is 1.58 bits per heavy atom. The second-order valence-corrected chi connectivity index (χ2v) is 2.18. The highest BCUT2D eigenvalue weighted by Gasteiger charge is 2.05. The van der Waals surface area contributed by atoms with Crippen LogP contribution < -0.4 is 0 Å². The molecule has 0 saturated carbocycles. The first-order valence-electron chi connectivity index (χ1n) is 3.89. The van der Waals surface area contributed by atoms with E-state index in [1.807, 2.05) is 0 Å². The zero-order valence-corrected chi connectivity index (χ0v) is 7.25.